The van der Waals surface area contributed by atoms with Crippen molar-refractivity contribution in [3.8, 4) is 10.4 Å². The molecule has 0 spiro atoms. The second-order valence-electron chi connectivity index (χ2n) is 8.30. The van der Waals surface area contributed by atoms with Crippen LogP contribution in [0.1, 0.15) is 37.7 Å². The minimum absolute atomic E-state index is 0.0436. The maximum Gasteiger partial charge on any atom is 0.226 e. The molecule has 1 aromatic heterocycles. The fourth-order valence-electron chi connectivity index (χ4n) is 4.74. The van der Waals surface area contributed by atoms with E-state index < -0.39 is 5.41 Å². The molecule has 0 bridgehead atoms. The molecule has 2 aromatic rings. The van der Waals surface area contributed by atoms with Crippen molar-refractivity contribution in [2.45, 2.75) is 38.5 Å². The summed E-state index contributed by atoms with van der Waals surface area (Å²) >= 11 is 1.70. The Kier molecular flexibility index (Phi) is 5.86. The van der Waals surface area contributed by atoms with Gasteiger partial charge in [0, 0.05) is 23.9 Å². The Morgan fingerprint density at radius 2 is 2.03 bits per heavy atom. The van der Waals surface area contributed by atoms with E-state index in [-0.39, 0.29) is 17.7 Å². The summed E-state index contributed by atoms with van der Waals surface area (Å²) < 4.78 is 0. The number of nitrogens with two attached hydrogens (primary N) is 1. The Morgan fingerprint density at radius 1 is 1.17 bits per heavy atom. The number of likely N-dealkylation sites (tertiary alicyclic amines) is 1. The van der Waals surface area contributed by atoms with E-state index in [1.807, 2.05) is 23.1 Å². The number of allylic oxidation sites excluding steroid dienone is 2. The molecule has 2 aliphatic rings. The molecule has 1 aromatic carbocycles. The van der Waals surface area contributed by atoms with Crippen LogP contribution in [0.15, 0.2) is 53.9 Å². The van der Waals surface area contributed by atoms with Crippen molar-refractivity contribution in [2.24, 2.45) is 17.1 Å². The van der Waals surface area contributed by atoms with Crippen LogP contribution in [0.3, 0.4) is 0 Å². The Hall–Kier alpha value is -2.40. The van der Waals surface area contributed by atoms with Gasteiger partial charge in [-0.3, -0.25) is 9.59 Å². The molecule has 2 amide bonds. The number of nitrogens with zero attached hydrogens (tertiary/aromatic N) is 1. The van der Waals surface area contributed by atoms with Crippen molar-refractivity contribution < 1.29 is 9.59 Å². The minimum atomic E-state index is -0.703. The molecule has 0 unspecified atom stereocenters. The van der Waals surface area contributed by atoms with Gasteiger partial charge in [0.05, 0.1) is 5.41 Å². The highest BCUT2D eigenvalue weighted by Gasteiger charge is 2.43. The average Bonchev–Trinajstić information content (AvgIpc) is 3.29. The van der Waals surface area contributed by atoms with Crippen molar-refractivity contribution in [3.05, 3.63) is 59.5 Å². The molecule has 2 N–H and O–H groups in total. The highest BCUT2D eigenvalue weighted by Crippen LogP contribution is 2.38. The van der Waals surface area contributed by atoms with Gasteiger partial charge in [-0.05, 0) is 61.1 Å². The van der Waals surface area contributed by atoms with Crippen LogP contribution in [-0.2, 0) is 16.0 Å². The Labute approximate surface area is 176 Å². The zero-order valence-corrected chi connectivity index (χ0v) is 17.5. The van der Waals surface area contributed by atoms with E-state index in [0.717, 1.165) is 49.8 Å². The van der Waals surface area contributed by atoms with Gasteiger partial charge >= 0.3 is 0 Å². The first kappa shape index (κ1) is 19.9. The van der Waals surface area contributed by atoms with Crippen molar-refractivity contribution in [1.82, 2.24) is 4.90 Å². The summed E-state index contributed by atoms with van der Waals surface area (Å²) in [6, 6.07) is 12.4. The first-order valence-electron chi connectivity index (χ1n) is 10.4. The third kappa shape index (κ3) is 4.15. The molecule has 5 heteroatoms. The topological polar surface area (TPSA) is 63.4 Å². The molecule has 1 saturated heterocycles. The van der Waals surface area contributed by atoms with Gasteiger partial charge in [0.25, 0.3) is 0 Å². The monoisotopic (exact) mass is 408 g/mol. The van der Waals surface area contributed by atoms with Gasteiger partial charge in [-0.15, -0.1) is 11.3 Å². The molecule has 4 rings (SSSR count). The molecule has 1 fully saturated rings. The van der Waals surface area contributed by atoms with Gasteiger partial charge in [-0.25, -0.2) is 0 Å². The number of primary amides is 1. The lowest BCUT2D eigenvalue weighted by atomic mass is 9.73. The summed E-state index contributed by atoms with van der Waals surface area (Å²) in [6.45, 7) is 1.15. The number of carbonyl (C=O) groups excluding carboxylic acids is 2. The number of hydrogen-bond donors (Lipinski definition) is 1. The number of thiophene rings is 1. The van der Waals surface area contributed by atoms with Crippen LogP contribution in [0.2, 0.25) is 0 Å². The smallest absolute Gasteiger partial charge is 0.226 e. The Morgan fingerprint density at radius 3 is 2.76 bits per heavy atom. The molecule has 1 aliphatic heterocycles. The van der Waals surface area contributed by atoms with Crippen LogP contribution < -0.4 is 5.73 Å². The summed E-state index contributed by atoms with van der Waals surface area (Å²) in [7, 11) is 0. The first-order valence-corrected chi connectivity index (χ1v) is 11.3. The molecule has 152 valence electrons. The van der Waals surface area contributed by atoms with E-state index in [2.05, 4.69) is 35.7 Å². The Bertz CT molecular complexity index is 905. The summed E-state index contributed by atoms with van der Waals surface area (Å²) in [5.41, 5.74) is 7.56. The maximum absolute atomic E-state index is 13.1. The van der Waals surface area contributed by atoms with Crippen LogP contribution in [0.25, 0.3) is 10.4 Å². The van der Waals surface area contributed by atoms with E-state index in [0.29, 0.717) is 13.0 Å². The third-order valence-corrected chi connectivity index (χ3v) is 7.27. The van der Waals surface area contributed by atoms with Gasteiger partial charge < -0.3 is 10.6 Å². The fourth-order valence-corrected chi connectivity index (χ4v) is 5.53. The summed E-state index contributed by atoms with van der Waals surface area (Å²) in [6.07, 6.45) is 9.04. The standard InChI is InChI=1S/C24H28N2O2S/c25-23(28)24(16-19-10-4-5-11-20(19)21-12-6-15-29-21)13-7-14-26(17-24)22(27)18-8-2-1-3-9-18/h1-2,4-6,10-12,15,18H,3,7-9,13-14,16-17H2,(H2,25,28)/t18-,24-/m0/s1. The van der Waals surface area contributed by atoms with E-state index in [1.54, 1.807) is 11.3 Å². The Balaban J connectivity index is 1.59. The number of benzene rings is 1. The van der Waals surface area contributed by atoms with Crippen molar-refractivity contribution >= 4 is 23.2 Å². The van der Waals surface area contributed by atoms with Crippen LogP contribution in [0.5, 0.6) is 0 Å². The molecule has 29 heavy (non-hydrogen) atoms. The van der Waals surface area contributed by atoms with E-state index >= 15 is 0 Å². The first-order chi connectivity index (χ1) is 14.1. The predicted molar refractivity (Wildman–Crippen MR) is 117 cm³/mol. The third-order valence-electron chi connectivity index (χ3n) is 6.36. The molecule has 2 atom stereocenters. The molecular weight excluding hydrogens is 380 g/mol. The van der Waals surface area contributed by atoms with Crippen LogP contribution in [0, 0.1) is 11.3 Å². The summed E-state index contributed by atoms with van der Waals surface area (Å²) in [4.78, 5) is 28.9. The fraction of sp³-hybridized carbons (Fsp3) is 0.417. The zero-order chi connectivity index (χ0) is 20.3. The summed E-state index contributed by atoms with van der Waals surface area (Å²) in [5.74, 6) is -0.0622. The number of piperidine rings is 1. The zero-order valence-electron chi connectivity index (χ0n) is 16.7. The van der Waals surface area contributed by atoms with Crippen molar-refractivity contribution in [2.75, 3.05) is 13.1 Å². The van der Waals surface area contributed by atoms with E-state index in [4.69, 9.17) is 5.73 Å². The molecule has 1 aliphatic carbocycles. The van der Waals surface area contributed by atoms with Crippen molar-refractivity contribution in [1.29, 1.82) is 0 Å². The second kappa shape index (κ2) is 8.54. The summed E-state index contributed by atoms with van der Waals surface area (Å²) in [5, 5.41) is 2.07. The normalized spacial score (nSPS) is 24.4. The quantitative estimate of drug-likeness (QED) is 0.745. The molecule has 0 radical (unpaired) electrons. The lowest BCUT2D eigenvalue weighted by Gasteiger charge is -2.42. The largest absolute Gasteiger partial charge is 0.369 e. The van der Waals surface area contributed by atoms with Crippen LogP contribution in [-0.4, -0.2) is 29.8 Å². The van der Waals surface area contributed by atoms with Gasteiger partial charge in [-0.1, -0.05) is 42.5 Å². The van der Waals surface area contributed by atoms with Gasteiger partial charge in [-0.2, -0.15) is 0 Å². The van der Waals surface area contributed by atoms with Crippen LogP contribution >= 0.6 is 11.3 Å². The second-order valence-corrected chi connectivity index (χ2v) is 9.25. The predicted octanol–water partition coefficient (Wildman–Crippen LogP) is 4.41. The number of rotatable bonds is 5. The van der Waals surface area contributed by atoms with Crippen LogP contribution in [0.4, 0.5) is 0 Å². The lowest BCUT2D eigenvalue weighted by Crippen LogP contribution is -2.54. The highest BCUT2D eigenvalue weighted by molar-refractivity contribution is 7.13. The molecule has 0 saturated carbocycles. The van der Waals surface area contributed by atoms with Crippen molar-refractivity contribution in [3.63, 3.8) is 0 Å². The van der Waals surface area contributed by atoms with Gasteiger partial charge in [0.15, 0.2) is 0 Å². The number of amides is 2. The lowest BCUT2D eigenvalue weighted by molar-refractivity contribution is -0.143. The average molecular weight is 409 g/mol. The highest BCUT2D eigenvalue weighted by atomic mass is 32.1. The number of carbonyl (C=O) groups is 2. The molecule has 2 heterocycles. The molecular formula is C24H28N2O2S. The molecule has 4 nitrogen and oxygen atoms in total. The van der Waals surface area contributed by atoms with Gasteiger partial charge in [0.2, 0.25) is 11.8 Å². The van der Waals surface area contributed by atoms with E-state index in [1.165, 1.54) is 4.88 Å². The van der Waals surface area contributed by atoms with Gasteiger partial charge in [0.1, 0.15) is 0 Å². The SMILES string of the molecule is NC(=O)[C@]1(Cc2ccccc2-c2cccs2)CCCN(C(=O)[C@H]2CC=CCC2)C1. The minimum Gasteiger partial charge on any atom is -0.369 e. The van der Waals surface area contributed by atoms with E-state index in [9.17, 15) is 9.59 Å². The number of hydrogen-bond acceptors (Lipinski definition) is 3. The maximum atomic E-state index is 13.1.